The predicted octanol–water partition coefficient (Wildman–Crippen LogP) is 4.64. The molecule has 5 heteroatoms. The molecule has 2 atom stereocenters. The Labute approximate surface area is 156 Å². The molecular weight excluding hydrogens is 341 g/mol. The van der Waals surface area contributed by atoms with E-state index in [-0.39, 0.29) is 11.9 Å². The van der Waals surface area contributed by atoms with E-state index in [1.165, 1.54) is 12.1 Å². The number of para-hydroxylation sites is 1. The second-order valence-corrected chi connectivity index (χ2v) is 6.98. The number of hydrazone groups is 1. The van der Waals surface area contributed by atoms with Crippen LogP contribution in [-0.4, -0.2) is 15.7 Å². The van der Waals surface area contributed by atoms with Crippen LogP contribution in [0.3, 0.4) is 0 Å². The molecule has 1 aromatic heterocycles. The molecule has 0 saturated carbocycles. The van der Waals surface area contributed by atoms with Gasteiger partial charge in [0.15, 0.2) is 0 Å². The number of benzene rings is 2. The van der Waals surface area contributed by atoms with Gasteiger partial charge < -0.3 is 4.74 Å². The van der Waals surface area contributed by atoms with Crippen molar-refractivity contribution in [3.8, 4) is 5.75 Å². The Morgan fingerprint density at radius 1 is 1.04 bits per heavy atom. The molecule has 2 aliphatic rings. The largest absolute Gasteiger partial charge is 0.462 e. The summed E-state index contributed by atoms with van der Waals surface area (Å²) in [4.78, 5) is 4.13. The van der Waals surface area contributed by atoms with Crippen molar-refractivity contribution in [2.75, 3.05) is 0 Å². The lowest BCUT2D eigenvalue weighted by Gasteiger charge is -2.45. The standard InChI is InChI=1S/C22H18FN3O/c1-22(16-10-12-24-13-11-16)26-20(18-4-2-3-5-21(18)27-22)14-19(25-26)15-6-8-17(23)9-7-15/h2-13,20H,14H2,1H3/t20-,22-/m1/s1. The summed E-state index contributed by atoms with van der Waals surface area (Å²) in [6.07, 6.45) is 4.27. The smallest absolute Gasteiger partial charge is 0.221 e. The van der Waals surface area contributed by atoms with Crippen molar-refractivity contribution >= 4 is 5.71 Å². The average molecular weight is 359 g/mol. The number of ether oxygens (including phenoxy) is 1. The number of halogens is 1. The van der Waals surface area contributed by atoms with Crippen molar-refractivity contribution < 1.29 is 9.13 Å². The van der Waals surface area contributed by atoms with Crippen LogP contribution < -0.4 is 4.74 Å². The molecule has 3 heterocycles. The summed E-state index contributed by atoms with van der Waals surface area (Å²) < 4.78 is 19.8. The third kappa shape index (κ3) is 2.50. The van der Waals surface area contributed by atoms with Crippen LogP contribution in [0, 0.1) is 5.82 Å². The summed E-state index contributed by atoms with van der Waals surface area (Å²) in [5.41, 5.74) is 3.22. The van der Waals surface area contributed by atoms with Gasteiger partial charge in [0.25, 0.3) is 0 Å². The maximum Gasteiger partial charge on any atom is 0.221 e. The summed E-state index contributed by atoms with van der Waals surface area (Å²) in [5.74, 6) is 0.624. The van der Waals surface area contributed by atoms with Crippen molar-refractivity contribution in [3.05, 3.63) is 95.6 Å². The molecule has 2 aromatic carbocycles. The quantitative estimate of drug-likeness (QED) is 0.669. The minimum absolute atomic E-state index is 0.0631. The van der Waals surface area contributed by atoms with E-state index in [2.05, 4.69) is 11.1 Å². The Morgan fingerprint density at radius 2 is 1.78 bits per heavy atom. The summed E-state index contributed by atoms with van der Waals surface area (Å²) in [6.45, 7) is 2.03. The molecule has 0 radical (unpaired) electrons. The molecule has 0 N–H and O–H groups in total. The Bertz CT molecular complexity index is 1020. The van der Waals surface area contributed by atoms with Gasteiger partial charge in [0.2, 0.25) is 5.72 Å². The van der Waals surface area contributed by atoms with Gasteiger partial charge in [-0.2, -0.15) is 5.10 Å². The van der Waals surface area contributed by atoms with E-state index in [0.29, 0.717) is 0 Å². The third-order valence-corrected chi connectivity index (χ3v) is 5.33. The van der Waals surface area contributed by atoms with Crippen LogP contribution in [0.5, 0.6) is 5.75 Å². The molecule has 0 amide bonds. The highest BCUT2D eigenvalue weighted by atomic mass is 19.1. The summed E-state index contributed by atoms with van der Waals surface area (Å²) in [5, 5.41) is 6.95. The van der Waals surface area contributed by atoms with Gasteiger partial charge in [0.1, 0.15) is 11.6 Å². The fraction of sp³-hybridized carbons (Fsp3) is 0.182. The van der Waals surface area contributed by atoms with Gasteiger partial charge in [-0.15, -0.1) is 0 Å². The normalized spacial score (nSPS) is 23.3. The molecule has 0 unspecified atom stereocenters. The highest BCUT2D eigenvalue weighted by Gasteiger charge is 2.48. The molecule has 0 aliphatic carbocycles. The molecule has 0 bridgehead atoms. The number of hydrogen-bond donors (Lipinski definition) is 0. The first-order chi connectivity index (χ1) is 13.1. The average Bonchev–Trinajstić information content (AvgIpc) is 3.16. The number of hydrogen-bond acceptors (Lipinski definition) is 4. The van der Waals surface area contributed by atoms with Gasteiger partial charge in [0.05, 0.1) is 11.8 Å². The zero-order chi connectivity index (χ0) is 18.4. The van der Waals surface area contributed by atoms with E-state index in [0.717, 1.165) is 34.6 Å². The highest BCUT2D eigenvalue weighted by Crippen LogP contribution is 2.50. The molecule has 0 saturated heterocycles. The van der Waals surface area contributed by atoms with Crippen LogP contribution in [-0.2, 0) is 5.72 Å². The zero-order valence-electron chi connectivity index (χ0n) is 14.8. The SMILES string of the molecule is C[C@]1(c2ccncc2)Oc2ccccc2[C@H]2CC(c3ccc(F)cc3)=NN21. The van der Waals surface area contributed by atoms with E-state index in [1.807, 2.05) is 42.3 Å². The first kappa shape index (κ1) is 16.0. The van der Waals surface area contributed by atoms with Crippen LogP contribution in [0.25, 0.3) is 0 Å². The summed E-state index contributed by atoms with van der Waals surface area (Å²) >= 11 is 0. The number of nitrogens with zero attached hydrogens (tertiary/aromatic N) is 3. The lowest BCUT2D eigenvalue weighted by molar-refractivity contribution is -0.112. The van der Waals surface area contributed by atoms with Gasteiger partial charge >= 0.3 is 0 Å². The monoisotopic (exact) mass is 359 g/mol. The number of rotatable bonds is 2. The molecule has 2 aliphatic heterocycles. The van der Waals surface area contributed by atoms with Crippen molar-refractivity contribution in [2.24, 2.45) is 5.10 Å². The molecule has 0 spiro atoms. The van der Waals surface area contributed by atoms with E-state index in [4.69, 9.17) is 9.84 Å². The number of fused-ring (bicyclic) bond motifs is 3. The van der Waals surface area contributed by atoms with Gasteiger partial charge in [-0.25, -0.2) is 9.40 Å². The highest BCUT2D eigenvalue weighted by molar-refractivity contribution is 6.02. The lowest BCUT2D eigenvalue weighted by atomic mass is 9.93. The first-order valence-electron chi connectivity index (χ1n) is 8.96. The predicted molar refractivity (Wildman–Crippen MR) is 101 cm³/mol. The number of aromatic nitrogens is 1. The topological polar surface area (TPSA) is 37.7 Å². The summed E-state index contributed by atoms with van der Waals surface area (Å²) in [6, 6.07) is 18.6. The van der Waals surface area contributed by atoms with Gasteiger partial charge in [-0.3, -0.25) is 4.98 Å². The molecule has 5 rings (SSSR count). The Balaban J connectivity index is 1.64. The zero-order valence-corrected chi connectivity index (χ0v) is 14.8. The van der Waals surface area contributed by atoms with E-state index in [1.54, 1.807) is 24.5 Å². The molecule has 3 aromatic rings. The van der Waals surface area contributed by atoms with Crippen LogP contribution in [0.4, 0.5) is 4.39 Å². The van der Waals surface area contributed by atoms with Crippen molar-refractivity contribution in [1.82, 2.24) is 9.99 Å². The molecule has 27 heavy (non-hydrogen) atoms. The van der Waals surface area contributed by atoms with Crippen LogP contribution >= 0.6 is 0 Å². The van der Waals surface area contributed by atoms with E-state index in [9.17, 15) is 4.39 Å². The lowest BCUT2D eigenvalue weighted by Crippen LogP contribution is -2.48. The van der Waals surface area contributed by atoms with Gasteiger partial charge in [-0.1, -0.05) is 30.3 Å². The maximum absolute atomic E-state index is 13.3. The van der Waals surface area contributed by atoms with Gasteiger partial charge in [0, 0.05) is 36.9 Å². The van der Waals surface area contributed by atoms with Gasteiger partial charge in [-0.05, 0) is 35.9 Å². The second kappa shape index (κ2) is 5.91. The van der Waals surface area contributed by atoms with E-state index >= 15 is 0 Å². The van der Waals surface area contributed by atoms with Crippen molar-refractivity contribution in [2.45, 2.75) is 25.1 Å². The number of pyridine rings is 1. The fourth-order valence-corrected chi connectivity index (χ4v) is 3.92. The van der Waals surface area contributed by atoms with Crippen LogP contribution in [0.2, 0.25) is 0 Å². The Morgan fingerprint density at radius 3 is 2.56 bits per heavy atom. The molecular formula is C22H18FN3O. The van der Waals surface area contributed by atoms with Crippen molar-refractivity contribution in [3.63, 3.8) is 0 Å². The van der Waals surface area contributed by atoms with Crippen molar-refractivity contribution in [1.29, 1.82) is 0 Å². The first-order valence-corrected chi connectivity index (χ1v) is 8.96. The maximum atomic E-state index is 13.3. The second-order valence-electron chi connectivity index (χ2n) is 6.98. The van der Waals surface area contributed by atoms with E-state index < -0.39 is 5.72 Å². The molecule has 0 fully saturated rings. The Kier molecular flexibility index (Phi) is 3.50. The summed E-state index contributed by atoms with van der Waals surface area (Å²) in [7, 11) is 0. The Hall–Kier alpha value is -3.21. The minimum atomic E-state index is -0.746. The molecule has 4 nitrogen and oxygen atoms in total. The van der Waals surface area contributed by atoms with Crippen LogP contribution in [0.1, 0.15) is 36.1 Å². The minimum Gasteiger partial charge on any atom is -0.462 e. The molecule has 134 valence electrons. The third-order valence-electron chi connectivity index (χ3n) is 5.33. The fourth-order valence-electron chi connectivity index (χ4n) is 3.92. The van der Waals surface area contributed by atoms with Crippen LogP contribution in [0.15, 0.2) is 78.2 Å².